The number of ether oxygens (including phenoxy) is 2. The Morgan fingerprint density at radius 3 is 2.61 bits per heavy atom. The van der Waals surface area contributed by atoms with Crippen LogP contribution in [0, 0.1) is 10.9 Å². The minimum absolute atomic E-state index is 0.703. The first-order valence-electron chi connectivity index (χ1n) is 5.51. The molecule has 96 valence electrons. The molecule has 1 aromatic heterocycles. The van der Waals surface area contributed by atoms with Crippen molar-refractivity contribution >= 4 is 23.6 Å². The van der Waals surface area contributed by atoms with Crippen LogP contribution in [0.3, 0.4) is 0 Å². The molecule has 0 atom stereocenters. The summed E-state index contributed by atoms with van der Waals surface area (Å²) in [6, 6.07) is 5.79. The molecule has 0 N–H and O–H groups in total. The van der Waals surface area contributed by atoms with Crippen molar-refractivity contribution in [2.24, 2.45) is 0 Å². The van der Waals surface area contributed by atoms with Gasteiger partial charge in [-0.1, -0.05) is 0 Å². The Hall–Kier alpha value is -1.33. The van der Waals surface area contributed by atoms with Crippen molar-refractivity contribution in [3.63, 3.8) is 0 Å². The molecule has 0 aliphatic heterocycles. The van der Waals surface area contributed by atoms with Crippen molar-refractivity contribution in [1.82, 2.24) is 4.57 Å². The van der Waals surface area contributed by atoms with E-state index in [0.29, 0.717) is 6.54 Å². The van der Waals surface area contributed by atoms with Crippen molar-refractivity contribution in [3.05, 3.63) is 38.8 Å². The Bertz CT molecular complexity index is 601. The number of thiazole rings is 1. The molecule has 1 aromatic carbocycles. The first-order valence-corrected chi connectivity index (χ1v) is 6.80. The van der Waals surface area contributed by atoms with Gasteiger partial charge >= 0.3 is 0 Å². The van der Waals surface area contributed by atoms with E-state index in [2.05, 4.69) is 16.9 Å². The summed E-state index contributed by atoms with van der Waals surface area (Å²) in [7, 11) is 3.33. The van der Waals surface area contributed by atoms with E-state index < -0.39 is 0 Å². The van der Waals surface area contributed by atoms with E-state index in [1.807, 2.05) is 18.2 Å². The lowest BCUT2D eigenvalue weighted by Crippen LogP contribution is -2.03. The van der Waals surface area contributed by atoms with Gasteiger partial charge in [0.2, 0.25) is 0 Å². The van der Waals surface area contributed by atoms with Gasteiger partial charge < -0.3 is 14.0 Å². The summed E-state index contributed by atoms with van der Waals surface area (Å²) >= 11 is 6.90. The average molecular weight is 281 g/mol. The molecule has 0 fully saturated rings. The second kappa shape index (κ2) is 5.54. The summed E-state index contributed by atoms with van der Waals surface area (Å²) in [6.45, 7) is 2.76. The Morgan fingerprint density at radius 2 is 2.06 bits per heavy atom. The maximum absolute atomic E-state index is 5.37. The zero-order chi connectivity index (χ0) is 13.1. The summed E-state index contributed by atoms with van der Waals surface area (Å²) in [6.07, 6.45) is 0. The number of aromatic nitrogens is 1. The summed E-state index contributed by atoms with van der Waals surface area (Å²) in [4.78, 5) is 0. The van der Waals surface area contributed by atoms with Gasteiger partial charge in [0.05, 0.1) is 20.8 Å². The van der Waals surface area contributed by atoms with Crippen molar-refractivity contribution in [2.75, 3.05) is 14.2 Å². The van der Waals surface area contributed by atoms with Crippen LogP contribution in [0.2, 0.25) is 0 Å². The molecule has 0 radical (unpaired) electrons. The molecule has 0 aliphatic rings. The Labute approximate surface area is 116 Å². The molecule has 2 rings (SSSR count). The van der Waals surface area contributed by atoms with Crippen LogP contribution in [-0.4, -0.2) is 18.8 Å². The highest BCUT2D eigenvalue weighted by Crippen LogP contribution is 2.26. The molecule has 2 aromatic rings. The molecule has 0 unspecified atom stereocenters. The lowest BCUT2D eigenvalue weighted by molar-refractivity contribution is 0.397. The van der Waals surface area contributed by atoms with Gasteiger partial charge in [-0.15, -0.1) is 11.3 Å². The molecule has 0 spiro atoms. The average Bonchev–Trinajstić information content (AvgIpc) is 2.70. The van der Waals surface area contributed by atoms with Gasteiger partial charge in [-0.3, -0.25) is 0 Å². The van der Waals surface area contributed by atoms with E-state index in [-0.39, 0.29) is 0 Å². The van der Waals surface area contributed by atoms with E-state index in [4.69, 9.17) is 21.7 Å². The Morgan fingerprint density at radius 1 is 1.28 bits per heavy atom. The van der Waals surface area contributed by atoms with E-state index in [1.165, 1.54) is 0 Å². The van der Waals surface area contributed by atoms with Crippen LogP contribution in [0.4, 0.5) is 0 Å². The first kappa shape index (κ1) is 13.1. The van der Waals surface area contributed by atoms with Crippen molar-refractivity contribution in [2.45, 2.75) is 13.5 Å². The fraction of sp³-hybridized carbons (Fsp3) is 0.308. The minimum Gasteiger partial charge on any atom is -0.497 e. The normalized spacial score (nSPS) is 10.4. The van der Waals surface area contributed by atoms with Crippen LogP contribution in [0.25, 0.3) is 0 Å². The lowest BCUT2D eigenvalue weighted by Gasteiger charge is -2.12. The second-order valence-corrected chi connectivity index (χ2v) is 5.41. The third-order valence-corrected chi connectivity index (χ3v) is 4.18. The van der Waals surface area contributed by atoms with Crippen LogP contribution in [0.15, 0.2) is 23.6 Å². The molecular formula is C13H15NO2S2. The smallest absolute Gasteiger partial charge is 0.161 e. The molecule has 0 amide bonds. The molecule has 0 saturated heterocycles. The number of hydrogen-bond acceptors (Lipinski definition) is 4. The molecular weight excluding hydrogens is 266 g/mol. The summed E-state index contributed by atoms with van der Waals surface area (Å²) in [5.41, 5.74) is 2.23. The van der Waals surface area contributed by atoms with Gasteiger partial charge in [-0.05, 0) is 37.3 Å². The summed E-state index contributed by atoms with van der Waals surface area (Å²) < 4.78 is 13.6. The molecule has 1 heterocycles. The predicted molar refractivity (Wildman–Crippen MR) is 76.5 cm³/mol. The molecule has 5 heteroatoms. The van der Waals surface area contributed by atoms with Crippen LogP contribution in [0.1, 0.15) is 11.3 Å². The van der Waals surface area contributed by atoms with Gasteiger partial charge in [0.25, 0.3) is 0 Å². The van der Waals surface area contributed by atoms with Gasteiger partial charge in [0.15, 0.2) is 3.95 Å². The topological polar surface area (TPSA) is 23.4 Å². The highest BCUT2D eigenvalue weighted by Gasteiger charge is 2.08. The van der Waals surface area contributed by atoms with Crippen molar-refractivity contribution in [3.8, 4) is 11.5 Å². The molecule has 3 nitrogen and oxygen atoms in total. The largest absolute Gasteiger partial charge is 0.497 e. The number of rotatable bonds is 4. The fourth-order valence-electron chi connectivity index (χ4n) is 1.77. The Kier molecular flexibility index (Phi) is 4.04. The van der Waals surface area contributed by atoms with Gasteiger partial charge in [0, 0.05) is 16.6 Å². The predicted octanol–water partition coefficient (Wildman–Crippen LogP) is 3.65. The van der Waals surface area contributed by atoms with Crippen LogP contribution in [-0.2, 0) is 6.54 Å². The third kappa shape index (κ3) is 2.57. The highest BCUT2D eigenvalue weighted by atomic mass is 32.1. The number of nitrogens with zero attached hydrogens (tertiary/aromatic N) is 1. The number of methoxy groups -OCH3 is 2. The van der Waals surface area contributed by atoms with Gasteiger partial charge in [-0.25, -0.2) is 0 Å². The van der Waals surface area contributed by atoms with Crippen LogP contribution >= 0.6 is 23.6 Å². The van der Waals surface area contributed by atoms with Gasteiger partial charge in [0.1, 0.15) is 11.5 Å². The maximum Gasteiger partial charge on any atom is 0.161 e. The monoisotopic (exact) mass is 281 g/mol. The molecule has 18 heavy (non-hydrogen) atoms. The quantitative estimate of drug-likeness (QED) is 0.799. The minimum atomic E-state index is 0.703. The first-order chi connectivity index (χ1) is 8.65. The standard InChI is InChI=1S/C13H15NO2S2/c1-9-8-18-13(17)14(9)7-10-6-11(15-2)4-5-12(10)16-3/h4-6,8H,7H2,1-3H3. The van der Waals surface area contributed by atoms with Crippen LogP contribution < -0.4 is 9.47 Å². The van der Waals surface area contributed by atoms with E-state index >= 15 is 0 Å². The van der Waals surface area contributed by atoms with E-state index in [1.54, 1.807) is 25.6 Å². The molecule has 0 saturated carbocycles. The van der Waals surface area contributed by atoms with Crippen molar-refractivity contribution in [1.29, 1.82) is 0 Å². The van der Waals surface area contributed by atoms with Crippen LogP contribution in [0.5, 0.6) is 11.5 Å². The molecule has 0 bridgehead atoms. The zero-order valence-corrected chi connectivity index (χ0v) is 12.2. The van der Waals surface area contributed by atoms with E-state index in [9.17, 15) is 0 Å². The number of benzene rings is 1. The molecule has 0 aliphatic carbocycles. The third-order valence-electron chi connectivity index (χ3n) is 2.79. The summed E-state index contributed by atoms with van der Waals surface area (Å²) in [5, 5.41) is 2.06. The fourth-order valence-corrected chi connectivity index (χ4v) is 2.86. The second-order valence-electron chi connectivity index (χ2n) is 3.91. The maximum atomic E-state index is 5.37. The van der Waals surface area contributed by atoms with E-state index in [0.717, 1.165) is 26.7 Å². The SMILES string of the molecule is COc1ccc(OC)c(Cn2c(C)csc2=S)c1. The highest BCUT2D eigenvalue weighted by molar-refractivity contribution is 7.73. The lowest BCUT2D eigenvalue weighted by atomic mass is 10.2. The number of aryl methyl sites for hydroxylation is 1. The van der Waals surface area contributed by atoms with Crippen molar-refractivity contribution < 1.29 is 9.47 Å². The Balaban J connectivity index is 2.41. The zero-order valence-electron chi connectivity index (χ0n) is 10.6. The summed E-state index contributed by atoms with van der Waals surface area (Å²) in [5.74, 6) is 1.67. The van der Waals surface area contributed by atoms with Gasteiger partial charge in [-0.2, -0.15) is 0 Å². The number of hydrogen-bond donors (Lipinski definition) is 0.